The van der Waals surface area contributed by atoms with Crippen LogP contribution < -0.4 is 10.2 Å². The number of carbonyl (C=O) groups excluding carboxylic acids is 1. The first-order valence-electron chi connectivity index (χ1n) is 7.15. The second-order valence-corrected chi connectivity index (χ2v) is 5.59. The Morgan fingerprint density at radius 3 is 2.84 bits per heavy atom. The Morgan fingerprint density at radius 2 is 2.16 bits per heavy atom. The number of rotatable bonds is 3. The fraction of sp³-hybridized carbons (Fsp3) is 0.562. The number of hydrogen-bond donors (Lipinski definition) is 1. The molecule has 1 aromatic carbocycles. The summed E-state index contributed by atoms with van der Waals surface area (Å²) in [6.07, 6.45) is 4.19. The lowest BCUT2D eigenvalue weighted by atomic mass is 10.0. The monoisotopic (exact) mass is 260 g/mol. The van der Waals surface area contributed by atoms with Crippen LogP contribution in [0.4, 0.5) is 5.69 Å². The molecule has 0 saturated carbocycles. The van der Waals surface area contributed by atoms with Gasteiger partial charge in [-0.3, -0.25) is 4.79 Å². The molecule has 1 amide bonds. The zero-order valence-electron chi connectivity index (χ0n) is 12.2. The minimum atomic E-state index is 0.202. The van der Waals surface area contributed by atoms with Crippen LogP contribution in [0.2, 0.25) is 0 Å². The summed E-state index contributed by atoms with van der Waals surface area (Å²) >= 11 is 0. The SMILES string of the molecule is Cc1ccc(C)c(N(C)C(=O)CC2CCCCN2)c1. The maximum atomic E-state index is 12.4. The number of aryl methyl sites for hydroxylation is 2. The quantitative estimate of drug-likeness (QED) is 0.906. The highest BCUT2D eigenvalue weighted by Crippen LogP contribution is 2.22. The number of nitrogens with zero attached hydrogens (tertiary/aromatic N) is 1. The standard InChI is InChI=1S/C16H24N2O/c1-12-7-8-13(2)15(10-12)18(3)16(19)11-14-6-4-5-9-17-14/h7-8,10,14,17H,4-6,9,11H2,1-3H3. The Balaban J connectivity index is 2.03. The summed E-state index contributed by atoms with van der Waals surface area (Å²) in [5.74, 6) is 0.202. The maximum Gasteiger partial charge on any atom is 0.228 e. The Kier molecular flexibility index (Phi) is 4.59. The second-order valence-electron chi connectivity index (χ2n) is 5.59. The predicted octanol–water partition coefficient (Wildman–Crippen LogP) is 2.80. The van der Waals surface area contributed by atoms with Gasteiger partial charge in [0.15, 0.2) is 0 Å². The molecule has 3 heteroatoms. The van der Waals surface area contributed by atoms with Crippen molar-refractivity contribution in [1.29, 1.82) is 0 Å². The minimum Gasteiger partial charge on any atom is -0.315 e. The van der Waals surface area contributed by atoms with Gasteiger partial charge in [-0.05, 0) is 50.4 Å². The van der Waals surface area contributed by atoms with Crippen LogP contribution in [-0.2, 0) is 4.79 Å². The van der Waals surface area contributed by atoms with E-state index in [0.29, 0.717) is 12.5 Å². The van der Waals surface area contributed by atoms with Gasteiger partial charge in [-0.15, -0.1) is 0 Å². The number of nitrogens with one attached hydrogen (secondary N) is 1. The van der Waals surface area contributed by atoms with E-state index in [1.54, 1.807) is 4.90 Å². The molecule has 0 aliphatic carbocycles. The molecule has 1 aliphatic heterocycles. The van der Waals surface area contributed by atoms with Crippen molar-refractivity contribution in [2.45, 2.75) is 45.6 Å². The average molecular weight is 260 g/mol. The van der Waals surface area contributed by atoms with Crippen LogP contribution >= 0.6 is 0 Å². The van der Waals surface area contributed by atoms with Crippen LogP contribution in [0.15, 0.2) is 18.2 Å². The van der Waals surface area contributed by atoms with Gasteiger partial charge in [0.05, 0.1) is 0 Å². The fourth-order valence-electron chi connectivity index (χ4n) is 2.66. The van der Waals surface area contributed by atoms with E-state index in [1.807, 2.05) is 7.05 Å². The van der Waals surface area contributed by atoms with Crippen molar-refractivity contribution in [1.82, 2.24) is 5.32 Å². The summed E-state index contributed by atoms with van der Waals surface area (Å²) in [4.78, 5) is 14.2. The van der Waals surface area contributed by atoms with Crippen molar-refractivity contribution >= 4 is 11.6 Å². The van der Waals surface area contributed by atoms with Gasteiger partial charge in [0.1, 0.15) is 0 Å². The Bertz CT molecular complexity index is 450. The molecule has 1 atom stereocenters. The third-order valence-electron chi connectivity index (χ3n) is 3.93. The summed E-state index contributed by atoms with van der Waals surface area (Å²) in [5.41, 5.74) is 3.37. The fourth-order valence-corrected chi connectivity index (χ4v) is 2.66. The van der Waals surface area contributed by atoms with E-state index in [9.17, 15) is 4.79 Å². The van der Waals surface area contributed by atoms with Crippen LogP contribution in [0.5, 0.6) is 0 Å². The predicted molar refractivity (Wildman–Crippen MR) is 79.6 cm³/mol. The lowest BCUT2D eigenvalue weighted by Gasteiger charge is -2.26. The molecule has 0 aromatic heterocycles. The van der Waals surface area contributed by atoms with Gasteiger partial charge in [-0.2, -0.15) is 0 Å². The normalized spacial score (nSPS) is 19.2. The highest BCUT2D eigenvalue weighted by atomic mass is 16.2. The molecule has 1 unspecified atom stereocenters. The van der Waals surface area contributed by atoms with E-state index in [1.165, 1.54) is 18.4 Å². The van der Waals surface area contributed by atoms with Crippen LogP contribution in [0.1, 0.15) is 36.8 Å². The van der Waals surface area contributed by atoms with E-state index in [-0.39, 0.29) is 5.91 Å². The Labute approximate surface area is 116 Å². The molecule has 1 heterocycles. The molecule has 1 saturated heterocycles. The van der Waals surface area contributed by atoms with Crippen molar-refractivity contribution < 1.29 is 4.79 Å². The van der Waals surface area contributed by atoms with E-state index < -0.39 is 0 Å². The van der Waals surface area contributed by atoms with E-state index >= 15 is 0 Å². The van der Waals surface area contributed by atoms with Crippen LogP contribution in [0.25, 0.3) is 0 Å². The highest BCUT2D eigenvalue weighted by Gasteiger charge is 2.20. The number of amides is 1. The first-order chi connectivity index (χ1) is 9.08. The van der Waals surface area contributed by atoms with Gasteiger partial charge < -0.3 is 10.2 Å². The van der Waals surface area contributed by atoms with Gasteiger partial charge in [-0.25, -0.2) is 0 Å². The summed E-state index contributed by atoms with van der Waals surface area (Å²) < 4.78 is 0. The largest absolute Gasteiger partial charge is 0.315 e. The summed E-state index contributed by atoms with van der Waals surface area (Å²) in [6, 6.07) is 6.60. The number of benzene rings is 1. The van der Waals surface area contributed by atoms with Crippen molar-refractivity contribution in [3.63, 3.8) is 0 Å². The second kappa shape index (κ2) is 6.20. The molecule has 1 fully saturated rings. The Hall–Kier alpha value is -1.35. The van der Waals surface area contributed by atoms with Crippen LogP contribution in [0, 0.1) is 13.8 Å². The van der Waals surface area contributed by atoms with Crippen molar-refractivity contribution in [3.8, 4) is 0 Å². The number of piperidine rings is 1. The molecular formula is C16H24N2O. The third kappa shape index (κ3) is 3.57. The molecule has 1 aromatic rings. The minimum absolute atomic E-state index is 0.202. The molecule has 0 radical (unpaired) electrons. The molecule has 2 rings (SSSR count). The number of carbonyl (C=O) groups is 1. The van der Waals surface area contributed by atoms with Gasteiger partial charge in [0.2, 0.25) is 5.91 Å². The van der Waals surface area contributed by atoms with E-state index in [0.717, 1.165) is 24.2 Å². The van der Waals surface area contributed by atoms with Crippen molar-refractivity contribution in [3.05, 3.63) is 29.3 Å². The zero-order chi connectivity index (χ0) is 13.8. The van der Waals surface area contributed by atoms with Gasteiger partial charge in [-0.1, -0.05) is 18.6 Å². The lowest BCUT2D eigenvalue weighted by molar-refractivity contribution is -0.118. The molecule has 3 nitrogen and oxygen atoms in total. The molecule has 0 bridgehead atoms. The summed E-state index contributed by atoms with van der Waals surface area (Å²) in [7, 11) is 1.88. The Morgan fingerprint density at radius 1 is 1.37 bits per heavy atom. The average Bonchev–Trinajstić information content (AvgIpc) is 2.42. The molecule has 19 heavy (non-hydrogen) atoms. The first kappa shape index (κ1) is 14.1. The van der Waals surface area contributed by atoms with Crippen molar-refractivity contribution in [2.75, 3.05) is 18.5 Å². The molecule has 104 valence electrons. The first-order valence-corrected chi connectivity index (χ1v) is 7.15. The zero-order valence-corrected chi connectivity index (χ0v) is 12.2. The number of hydrogen-bond acceptors (Lipinski definition) is 2. The molecule has 1 aliphatic rings. The maximum absolute atomic E-state index is 12.4. The smallest absolute Gasteiger partial charge is 0.228 e. The van der Waals surface area contributed by atoms with Gasteiger partial charge in [0.25, 0.3) is 0 Å². The third-order valence-corrected chi connectivity index (χ3v) is 3.93. The molecule has 1 N–H and O–H groups in total. The van der Waals surface area contributed by atoms with Gasteiger partial charge >= 0.3 is 0 Å². The van der Waals surface area contributed by atoms with Crippen molar-refractivity contribution in [2.24, 2.45) is 0 Å². The van der Waals surface area contributed by atoms with Gasteiger partial charge in [0, 0.05) is 25.2 Å². The topological polar surface area (TPSA) is 32.3 Å². The molecule has 0 spiro atoms. The lowest BCUT2D eigenvalue weighted by Crippen LogP contribution is -2.39. The summed E-state index contributed by atoms with van der Waals surface area (Å²) in [6.45, 7) is 5.16. The molecular weight excluding hydrogens is 236 g/mol. The number of anilines is 1. The van der Waals surface area contributed by atoms with Crippen LogP contribution in [0.3, 0.4) is 0 Å². The van der Waals surface area contributed by atoms with E-state index in [2.05, 4.69) is 37.4 Å². The van der Waals surface area contributed by atoms with Crippen LogP contribution in [-0.4, -0.2) is 25.5 Å². The summed E-state index contributed by atoms with van der Waals surface area (Å²) in [5, 5.41) is 3.43. The van der Waals surface area contributed by atoms with E-state index in [4.69, 9.17) is 0 Å². The highest BCUT2D eigenvalue weighted by molar-refractivity contribution is 5.94.